The molecule has 31 heavy (non-hydrogen) atoms. The van der Waals surface area contributed by atoms with Crippen molar-refractivity contribution in [3.8, 4) is 11.1 Å². The Bertz CT molecular complexity index is 1110. The number of carbonyl (C=O) groups is 1. The van der Waals surface area contributed by atoms with E-state index < -0.39 is 41.4 Å². The van der Waals surface area contributed by atoms with Gasteiger partial charge >= 0.3 is 6.03 Å². The Morgan fingerprint density at radius 3 is 2.61 bits per heavy atom. The molecule has 0 bridgehead atoms. The zero-order valence-corrected chi connectivity index (χ0v) is 16.7. The maximum atomic E-state index is 14.3. The van der Waals surface area contributed by atoms with E-state index in [0.29, 0.717) is 17.8 Å². The Hall–Kier alpha value is -3.17. The summed E-state index contributed by atoms with van der Waals surface area (Å²) in [5.41, 5.74) is 1.01. The summed E-state index contributed by atoms with van der Waals surface area (Å²) in [4.78, 5) is 14.3. The van der Waals surface area contributed by atoms with Gasteiger partial charge in [-0.25, -0.2) is 26.7 Å². The molecular weight excluding hydrogens is 419 g/mol. The number of hydrogen-bond donors (Lipinski definition) is 1. The van der Waals surface area contributed by atoms with Crippen LogP contribution in [0.2, 0.25) is 0 Å². The predicted molar refractivity (Wildman–Crippen MR) is 103 cm³/mol. The molecule has 2 amide bonds. The van der Waals surface area contributed by atoms with Gasteiger partial charge in [0.2, 0.25) is 0 Å². The number of urea groups is 1. The Balaban J connectivity index is 1.60. The number of benzene rings is 1. The average molecular weight is 438 g/mol. The first-order valence-corrected chi connectivity index (χ1v) is 9.66. The van der Waals surface area contributed by atoms with E-state index in [1.807, 2.05) is 0 Å². The van der Waals surface area contributed by atoms with Crippen LogP contribution >= 0.6 is 0 Å². The van der Waals surface area contributed by atoms with Gasteiger partial charge in [0, 0.05) is 28.8 Å². The molecule has 0 saturated heterocycles. The number of allylic oxidation sites excluding steroid dienone is 4. The molecule has 10 heteroatoms. The van der Waals surface area contributed by atoms with Crippen LogP contribution < -0.4 is 5.32 Å². The van der Waals surface area contributed by atoms with E-state index in [0.717, 1.165) is 18.2 Å². The third-order valence-electron chi connectivity index (χ3n) is 5.65. The van der Waals surface area contributed by atoms with E-state index in [-0.39, 0.29) is 23.8 Å². The molecule has 1 N–H and O–H groups in total. The van der Waals surface area contributed by atoms with Gasteiger partial charge in [0.1, 0.15) is 11.6 Å². The van der Waals surface area contributed by atoms with E-state index in [4.69, 9.17) is 0 Å². The van der Waals surface area contributed by atoms with E-state index >= 15 is 0 Å². The molecule has 2 aliphatic rings. The summed E-state index contributed by atoms with van der Waals surface area (Å²) in [7, 11) is 0. The molecule has 3 unspecified atom stereocenters. The maximum Gasteiger partial charge on any atom is 0.322 e. The van der Waals surface area contributed by atoms with Crippen molar-refractivity contribution in [2.45, 2.75) is 39.2 Å². The van der Waals surface area contributed by atoms with Gasteiger partial charge in [0.05, 0.1) is 31.0 Å². The fraction of sp³-hybridized carbons (Fsp3) is 0.333. The molecule has 0 radical (unpaired) electrons. The molecule has 164 valence electrons. The number of nitrogens with one attached hydrogen (secondary N) is 1. The minimum absolute atomic E-state index is 0.0343. The van der Waals surface area contributed by atoms with Crippen LogP contribution in [0.1, 0.15) is 19.5 Å². The van der Waals surface area contributed by atoms with Gasteiger partial charge in [-0.3, -0.25) is 4.68 Å². The molecule has 0 saturated carbocycles. The molecule has 1 aromatic heterocycles. The second-order valence-corrected chi connectivity index (χ2v) is 7.70. The molecule has 1 aliphatic carbocycles. The van der Waals surface area contributed by atoms with Gasteiger partial charge in [0.15, 0.2) is 17.8 Å². The van der Waals surface area contributed by atoms with Crippen molar-refractivity contribution >= 4 is 6.03 Å². The zero-order valence-electron chi connectivity index (χ0n) is 16.7. The van der Waals surface area contributed by atoms with Crippen molar-refractivity contribution in [1.82, 2.24) is 20.0 Å². The first kappa shape index (κ1) is 21.1. The summed E-state index contributed by atoms with van der Waals surface area (Å²) >= 11 is 0. The van der Waals surface area contributed by atoms with Crippen LogP contribution in [0.3, 0.4) is 0 Å². The summed E-state index contributed by atoms with van der Waals surface area (Å²) < 4.78 is 70.2. The monoisotopic (exact) mass is 438 g/mol. The van der Waals surface area contributed by atoms with Crippen LogP contribution in [-0.4, -0.2) is 32.9 Å². The van der Waals surface area contributed by atoms with Gasteiger partial charge in [-0.05, 0) is 25.1 Å². The molecule has 2 heterocycles. The number of fused-ring (bicyclic) bond motifs is 1. The first-order valence-electron chi connectivity index (χ1n) is 9.66. The first-order chi connectivity index (χ1) is 14.7. The van der Waals surface area contributed by atoms with Crippen LogP contribution in [0, 0.1) is 17.6 Å². The number of alkyl halides is 1. The quantitative estimate of drug-likeness (QED) is 0.688. The van der Waals surface area contributed by atoms with Crippen molar-refractivity contribution in [3.05, 3.63) is 65.2 Å². The average Bonchev–Trinajstić information content (AvgIpc) is 3.12. The molecular formula is C21H19F5N4O. The fourth-order valence-corrected chi connectivity index (χ4v) is 3.80. The zero-order chi connectivity index (χ0) is 22.4. The summed E-state index contributed by atoms with van der Waals surface area (Å²) in [6.07, 6.45) is 0.0301. The third-order valence-corrected chi connectivity index (χ3v) is 5.65. The molecule has 1 aliphatic heterocycles. The third kappa shape index (κ3) is 3.70. The van der Waals surface area contributed by atoms with E-state index in [2.05, 4.69) is 10.4 Å². The molecule has 0 spiro atoms. The number of amides is 2. The Morgan fingerprint density at radius 2 is 1.90 bits per heavy atom. The molecule has 1 aromatic carbocycles. The minimum atomic E-state index is -2.19. The lowest BCUT2D eigenvalue weighted by Gasteiger charge is -2.35. The molecule has 2 aromatic rings. The summed E-state index contributed by atoms with van der Waals surface area (Å²) in [6, 6.07) is 2.22. The summed E-state index contributed by atoms with van der Waals surface area (Å²) in [5, 5.41) is 6.70. The lowest BCUT2D eigenvalue weighted by atomic mass is 9.95. The number of nitrogens with zero attached hydrogens (tertiary/aromatic N) is 3. The second kappa shape index (κ2) is 7.82. The fourth-order valence-electron chi connectivity index (χ4n) is 3.80. The van der Waals surface area contributed by atoms with E-state index in [9.17, 15) is 26.7 Å². The van der Waals surface area contributed by atoms with Crippen LogP contribution in [0.5, 0.6) is 0 Å². The van der Waals surface area contributed by atoms with Gasteiger partial charge in [-0.2, -0.15) is 5.10 Å². The van der Waals surface area contributed by atoms with Crippen molar-refractivity contribution in [3.63, 3.8) is 0 Å². The standard InChI is InChI=1S/C21H19F5N4O/c1-10-8-30-18(14(7-27-30)13-4-3-12(22)5-15(13)23)9-29(10)21(31)28-17-6-16(24)20(26)19(25)11(17)2/h3-7,10-11,19H,8-9H2,1-2H3,(H,28,31). The van der Waals surface area contributed by atoms with Crippen LogP contribution in [0.4, 0.5) is 26.7 Å². The maximum absolute atomic E-state index is 14.3. The SMILES string of the molecule is CC1C(NC(=O)N2Cc3c(-c4ccc(F)cc4F)cnn3CC2C)=CC(F)=C(F)C1F. The van der Waals surface area contributed by atoms with Crippen molar-refractivity contribution in [1.29, 1.82) is 0 Å². The van der Waals surface area contributed by atoms with Crippen molar-refractivity contribution < 1.29 is 26.7 Å². The Kier molecular flexibility index (Phi) is 5.32. The van der Waals surface area contributed by atoms with Crippen LogP contribution in [0.15, 0.2) is 47.8 Å². The lowest BCUT2D eigenvalue weighted by Crippen LogP contribution is -2.50. The lowest BCUT2D eigenvalue weighted by molar-refractivity contribution is 0.149. The molecule has 5 nitrogen and oxygen atoms in total. The van der Waals surface area contributed by atoms with E-state index in [1.165, 1.54) is 24.1 Å². The predicted octanol–water partition coefficient (Wildman–Crippen LogP) is 4.76. The number of halogens is 5. The molecule has 4 rings (SSSR count). The topological polar surface area (TPSA) is 50.2 Å². The highest BCUT2D eigenvalue weighted by Crippen LogP contribution is 2.33. The Morgan fingerprint density at radius 1 is 1.16 bits per heavy atom. The second-order valence-electron chi connectivity index (χ2n) is 7.70. The minimum Gasteiger partial charge on any atom is -0.314 e. The largest absolute Gasteiger partial charge is 0.322 e. The van der Waals surface area contributed by atoms with Crippen LogP contribution in [-0.2, 0) is 13.1 Å². The van der Waals surface area contributed by atoms with Gasteiger partial charge in [-0.1, -0.05) is 6.92 Å². The highest BCUT2D eigenvalue weighted by Gasteiger charge is 2.35. The highest BCUT2D eigenvalue weighted by molar-refractivity contribution is 5.77. The number of aromatic nitrogens is 2. The Labute approximate surface area is 174 Å². The van der Waals surface area contributed by atoms with Gasteiger partial charge in [-0.15, -0.1) is 0 Å². The van der Waals surface area contributed by atoms with Crippen molar-refractivity contribution in [2.75, 3.05) is 0 Å². The summed E-state index contributed by atoms with van der Waals surface area (Å²) in [5.74, 6) is -5.40. The number of hydrogen-bond acceptors (Lipinski definition) is 2. The number of carbonyl (C=O) groups excluding carboxylic acids is 1. The normalized spacial score (nSPS) is 23.5. The summed E-state index contributed by atoms with van der Waals surface area (Å²) in [6.45, 7) is 3.44. The van der Waals surface area contributed by atoms with Crippen molar-refractivity contribution in [2.24, 2.45) is 5.92 Å². The molecule has 3 atom stereocenters. The van der Waals surface area contributed by atoms with Crippen LogP contribution in [0.25, 0.3) is 11.1 Å². The van der Waals surface area contributed by atoms with Gasteiger partial charge in [0.25, 0.3) is 0 Å². The number of rotatable bonds is 2. The highest BCUT2D eigenvalue weighted by atomic mass is 19.2. The smallest absolute Gasteiger partial charge is 0.314 e. The molecule has 0 fully saturated rings. The van der Waals surface area contributed by atoms with Gasteiger partial charge < -0.3 is 10.2 Å². The van der Waals surface area contributed by atoms with E-state index in [1.54, 1.807) is 11.6 Å².